The van der Waals surface area contributed by atoms with Gasteiger partial charge in [-0.2, -0.15) is 18.2 Å². The van der Waals surface area contributed by atoms with Crippen LogP contribution in [0.2, 0.25) is 0 Å². The molecule has 1 aromatic carbocycles. The molecule has 0 unspecified atom stereocenters. The molecule has 2 aromatic heterocycles. The van der Waals surface area contributed by atoms with E-state index in [1.165, 1.54) is 19.3 Å². The Kier molecular flexibility index (Phi) is 3.81. The zero-order chi connectivity index (χ0) is 16.4. The van der Waals surface area contributed by atoms with Gasteiger partial charge in [0.25, 0.3) is 0 Å². The van der Waals surface area contributed by atoms with E-state index in [-0.39, 0.29) is 23.8 Å². The van der Waals surface area contributed by atoms with Crippen LogP contribution in [0.4, 0.5) is 18.9 Å². The van der Waals surface area contributed by atoms with Crippen LogP contribution in [0.25, 0.3) is 11.6 Å². The maximum absolute atomic E-state index is 12.9. The van der Waals surface area contributed by atoms with E-state index in [4.69, 9.17) is 8.94 Å². The first-order chi connectivity index (χ1) is 10.9. The molecule has 23 heavy (non-hydrogen) atoms. The molecule has 3 rings (SSSR count). The number of benzene rings is 1. The lowest BCUT2D eigenvalue weighted by atomic mass is 10.1. The monoisotopic (exact) mass is 323 g/mol. The summed E-state index contributed by atoms with van der Waals surface area (Å²) in [5.74, 6) is 0.979. The second kappa shape index (κ2) is 5.79. The number of hydrogen-bond donors (Lipinski definition) is 1. The molecule has 5 nitrogen and oxygen atoms in total. The van der Waals surface area contributed by atoms with Crippen LogP contribution in [0.15, 0.2) is 45.5 Å². The van der Waals surface area contributed by atoms with Gasteiger partial charge in [0.15, 0.2) is 5.76 Å². The summed E-state index contributed by atoms with van der Waals surface area (Å²) >= 11 is 0. The van der Waals surface area contributed by atoms with E-state index in [0.29, 0.717) is 11.4 Å². The molecular formula is C15H12F3N3O2. The molecule has 8 heteroatoms. The first-order valence-corrected chi connectivity index (χ1v) is 6.71. The average Bonchev–Trinajstić information content (AvgIpc) is 3.16. The quantitative estimate of drug-likeness (QED) is 0.777. The second-order valence-electron chi connectivity index (χ2n) is 4.87. The summed E-state index contributed by atoms with van der Waals surface area (Å²) in [6.07, 6.45) is -2.91. The van der Waals surface area contributed by atoms with Crippen LogP contribution in [0.1, 0.15) is 17.0 Å². The van der Waals surface area contributed by atoms with Gasteiger partial charge in [-0.05, 0) is 36.8 Å². The van der Waals surface area contributed by atoms with Gasteiger partial charge in [-0.15, -0.1) is 0 Å². The molecule has 0 aliphatic rings. The van der Waals surface area contributed by atoms with Crippen molar-refractivity contribution >= 4 is 5.69 Å². The fraction of sp³-hybridized carbons (Fsp3) is 0.200. The van der Waals surface area contributed by atoms with Crippen molar-refractivity contribution < 1.29 is 22.1 Å². The van der Waals surface area contributed by atoms with E-state index in [0.717, 1.165) is 6.07 Å². The number of nitrogens with zero attached hydrogens (tertiary/aromatic N) is 2. The number of hydrogen-bond acceptors (Lipinski definition) is 5. The topological polar surface area (TPSA) is 64.1 Å². The van der Waals surface area contributed by atoms with Crippen LogP contribution in [0.5, 0.6) is 0 Å². The third kappa shape index (κ3) is 3.36. The highest BCUT2D eigenvalue weighted by Gasteiger charge is 2.32. The molecule has 0 saturated carbocycles. The zero-order valence-electron chi connectivity index (χ0n) is 12.0. The van der Waals surface area contributed by atoms with Gasteiger partial charge in [0.05, 0.1) is 18.4 Å². The SMILES string of the molecule is Cc1ccc(NCc2nc(-c3ccco3)no2)cc1C(F)(F)F. The Balaban J connectivity index is 1.72. The van der Waals surface area contributed by atoms with Gasteiger partial charge in [0, 0.05) is 5.69 Å². The number of nitrogens with one attached hydrogen (secondary N) is 1. The van der Waals surface area contributed by atoms with Crippen LogP contribution in [0, 0.1) is 6.92 Å². The predicted molar refractivity (Wildman–Crippen MR) is 75.5 cm³/mol. The Morgan fingerprint density at radius 1 is 1.22 bits per heavy atom. The van der Waals surface area contributed by atoms with Crippen molar-refractivity contribution in [2.24, 2.45) is 0 Å². The minimum absolute atomic E-state index is 0.105. The number of aryl methyl sites for hydroxylation is 1. The third-order valence-corrected chi connectivity index (χ3v) is 3.20. The summed E-state index contributed by atoms with van der Waals surface area (Å²) < 4.78 is 48.8. The first kappa shape index (κ1) is 15.1. The number of furan rings is 1. The Bertz CT molecular complexity index is 795. The summed E-state index contributed by atoms with van der Waals surface area (Å²) in [5, 5.41) is 6.57. The molecule has 0 saturated heterocycles. The standard InChI is InChI=1S/C15H12F3N3O2/c1-9-4-5-10(7-11(9)15(16,17)18)19-8-13-20-14(21-23-13)12-3-2-6-22-12/h2-7,19H,8H2,1H3. The molecule has 0 fully saturated rings. The highest BCUT2D eigenvalue weighted by molar-refractivity contribution is 5.49. The van der Waals surface area contributed by atoms with E-state index in [2.05, 4.69) is 15.5 Å². The van der Waals surface area contributed by atoms with Crippen molar-refractivity contribution in [2.45, 2.75) is 19.6 Å². The molecule has 0 radical (unpaired) electrons. The third-order valence-electron chi connectivity index (χ3n) is 3.20. The van der Waals surface area contributed by atoms with Crippen molar-refractivity contribution in [3.05, 3.63) is 53.6 Å². The second-order valence-corrected chi connectivity index (χ2v) is 4.87. The van der Waals surface area contributed by atoms with Crippen LogP contribution < -0.4 is 5.32 Å². The normalized spacial score (nSPS) is 11.7. The van der Waals surface area contributed by atoms with Crippen molar-refractivity contribution in [3.8, 4) is 11.6 Å². The molecule has 0 aliphatic heterocycles. The molecule has 3 aromatic rings. The molecular weight excluding hydrogens is 311 g/mol. The van der Waals surface area contributed by atoms with Gasteiger partial charge < -0.3 is 14.3 Å². The number of aromatic nitrogens is 2. The molecule has 0 bridgehead atoms. The molecule has 2 heterocycles. The summed E-state index contributed by atoms with van der Waals surface area (Å²) in [4.78, 5) is 4.10. The Hall–Kier alpha value is -2.77. The van der Waals surface area contributed by atoms with Crippen molar-refractivity contribution in [2.75, 3.05) is 5.32 Å². The molecule has 0 spiro atoms. The minimum atomic E-state index is -4.39. The average molecular weight is 323 g/mol. The molecule has 0 amide bonds. The zero-order valence-corrected chi connectivity index (χ0v) is 12.0. The van der Waals surface area contributed by atoms with Crippen LogP contribution in [-0.2, 0) is 12.7 Å². The first-order valence-electron chi connectivity index (χ1n) is 6.71. The van der Waals surface area contributed by atoms with E-state index in [1.54, 1.807) is 18.2 Å². The Morgan fingerprint density at radius 3 is 2.74 bits per heavy atom. The molecule has 0 atom stereocenters. The maximum Gasteiger partial charge on any atom is 0.416 e. The van der Waals surface area contributed by atoms with Gasteiger partial charge in [0.2, 0.25) is 11.7 Å². The molecule has 0 aliphatic carbocycles. The van der Waals surface area contributed by atoms with Gasteiger partial charge in [0.1, 0.15) is 0 Å². The number of anilines is 1. The van der Waals surface area contributed by atoms with Gasteiger partial charge in [-0.1, -0.05) is 11.2 Å². The number of halogens is 3. The van der Waals surface area contributed by atoms with Crippen LogP contribution in [0.3, 0.4) is 0 Å². The predicted octanol–water partition coefficient (Wildman–Crippen LogP) is 4.27. The van der Waals surface area contributed by atoms with Crippen molar-refractivity contribution in [3.63, 3.8) is 0 Å². The lowest BCUT2D eigenvalue weighted by Gasteiger charge is -2.12. The van der Waals surface area contributed by atoms with E-state index < -0.39 is 11.7 Å². The summed E-state index contributed by atoms with van der Waals surface area (Å²) in [7, 11) is 0. The molecule has 120 valence electrons. The Morgan fingerprint density at radius 2 is 2.04 bits per heavy atom. The van der Waals surface area contributed by atoms with Crippen molar-refractivity contribution in [1.29, 1.82) is 0 Å². The lowest BCUT2D eigenvalue weighted by molar-refractivity contribution is -0.138. The minimum Gasteiger partial charge on any atom is -0.461 e. The summed E-state index contributed by atoms with van der Waals surface area (Å²) in [6, 6.07) is 7.40. The van der Waals surface area contributed by atoms with E-state index >= 15 is 0 Å². The van der Waals surface area contributed by atoms with Gasteiger partial charge in [-0.3, -0.25) is 0 Å². The van der Waals surface area contributed by atoms with Gasteiger partial charge >= 0.3 is 6.18 Å². The fourth-order valence-corrected chi connectivity index (χ4v) is 2.05. The van der Waals surface area contributed by atoms with E-state index in [1.807, 2.05) is 0 Å². The fourth-order valence-electron chi connectivity index (χ4n) is 2.05. The summed E-state index contributed by atoms with van der Waals surface area (Å²) in [6.45, 7) is 1.52. The Labute approximate surface area is 129 Å². The molecule has 1 N–H and O–H groups in total. The maximum atomic E-state index is 12.9. The lowest BCUT2D eigenvalue weighted by Crippen LogP contribution is -2.09. The highest BCUT2D eigenvalue weighted by Crippen LogP contribution is 2.33. The van der Waals surface area contributed by atoms with E-state index in [9.17, 15) is 13.2 Å². The number of alkyl halides is 3. The van der Waals surface area contributed by atoms with Crippen molar-refractivity contribution in [1.82, 2.24) is 10.1 Å². The van der Waals surface area contributed by atoms with Gasteiger partial charge in [-0.25, -0.2) is 0 Å². The number of rotatable bonds is 4. The van der Waals surface area contributed by atoms with Crippen LogP contribution in [-0.4, -0.2) is 10.1 Å². The largest absolute Gasteiger partial charge is 0.461 e. The summed E-state index contributed by atoms with van der Waals surface area (Å²) in [5.41, 5.74) is -0.189. The smallest absolute Gasteiger partial charge is 0.416 e. The highest BCUT2D eigenvalue weighted by atomic mass is 19.4. The van der Waals surface area contributed by atoms with Crippen LogP contribution >= 0.6 is 0 Å².